The molecule has 0 bridgehead atoms. The average molecular weight is 241 g/mol. The molecule has 0 fully saturated rings. The van der Waals surface area contributed by atoms with Gasteiger partial charge in [0.2, 0.25) is 5.88 Å². The molecule has 0 saturated carbocycles. The monoisotopic (exact) mass is 240 g/mol. The summed E-state index contributed by atoms with van der Waals surface area (Å²) in [4.78, 5) is 7.33. The number of pyridine rings is 1. The molecule has 0 aliphatic rings. The second-order valence-corrected chi connectivity index (χ2v) is 3.48. The second-order valence-electron chi connectivity index (χ2n) is 2.62. The SMILES string of the molecule is CCOc1nc2[nH]ccc2cc1Br. The van der Waals surface area contributed by atoms with Gasteiger partial charge in [-0.25, -0.2) is 0 Å². The normalized spacial score (nSPS) is 10.6. The number of nitrogens with one attached hydrogen (secondary N) is 1. The van der Waals surface area contributed by atoms with Gasteiger partial charge in [-0.3, -0.25) is 0 Å². The van der Waals surface area contributed by atoms with Crippen LogP contribution in [0.1, 0.15) is 6.92 Å². The van der Waals surface area contributed by atoms with Crippen molar-refractivity contribution in [2.24, 2.45) is 0 Å². The van der Waals surface area contributed by atoms with E-state index in [0.717, 1.165) is 15.5 Å². The smallest absolute Gasteiger partial charge is 0.229 e. The number of aromatic nitrogens is 2. The topological polar surface area (TPSA) is 37.9 Å². The Labute approximate surface area is 84.3 Å². The number of hydrogen-bond donors (Lipinski definition) is 1. The summed E-state index contributed by atoms with van der Waals surface area (Å²) in [6.07, 6.45) is 1.86. The lowest BCUT2D eigenvalue weighted by Gasteiger charge is -2.03. The molecule has 1 N–H and O–H groups in total. The molecule has 2 aromatic rings. The summed E-state index contributed by atoms with van der Waals surface area (Å²) in [6, 6.07) is 3.96. The fourth-order valence-electron chi connectivity index (χ4n) is 1.18. The van der Waals surface area contributed by atoms with Gasteiger partial charge >= 0.3 is 0 Å². The van der Waals surface area contributed by atoms with Crippen molar-refractivity contribution < 1.29 is 4.74 Å². The van der Waals surface area contributed by atoms with Crippen molar-refractivity contribution in [2.75, 3.05) is 6.61 Å². The summed E-state index contributed by atoms with van der Waals surface area (Å²) >= 11 is 3.40. The average Bonchev–Trinajstić information content (AvgIpc) is 2.52. The maximum atomic E-state index is 5.34. The van der Waals surface area contributed by atoms with E-state index < -0.39 is 0 Å². The minimum atomic E-state index is 0.623. The van der Waals surface area contributed by atoms with E-state index in [4.69, 9.17) is 4.74 Å². The molecule has 2 heterocycles. The van der Waals surface area contributed by atoms with Crippen LogP contribution in [0.25, 0.3) is 11.0 Å². The zero-order chi connectivity index (χ0) is 9.26. The highest BCUT2D eigenvalue weighted by Gasteiger charge is 2.05. The fourth-order valence-corrected chi connectivity index (χ4v) is 1.63. The molecule has 2 rings (SSSR count). The summed E-state index contributed by atoms with van der Waals surface area (Å²) in [5.74, 6) is 0.637. The molecule has 0 unspecified atom stereocenters. The van der Waals surface area contributed by atoms with Gasteiger partial charge in [-0.05, 0) is 35.0 Å². The molecular weight excluding hydrogens is 232 g/mol. The molecule has 0 saturated heterocycles. The highest BCUT2D eigenvalue weighted by Crippen LogP contribution is 2.26. The summed E-state index contributed by atoms with van der Waals surface area (Å²) in [5.41, 5.74) is 0.853. The maximum Gasteiger partial charge on any atom is 0.229 e. The van der Waals surface area contributed by atoms with Gasteiger partial charge in [0.05, 0.1) is 11.1 Å². The van der Waals surface area contributed by atoms with Gasteiger partial charge < -0.3 is 9.72 Å². The molecule has 0 radical (unpaired) electrons. The van der Waals surface area contributed by atoms with Crippen molar-refractivity contribution in [1.29, 1.82) is 0 Å². The predicted octanol–water partition coefficient (Wildman–Crippen LogP) is 2.72. The molecule has 2 aromatic heterocycles. The zero-order valence-corrected chi connectivity index (χ0v) is 8.76. The van der Waals surface area contributed by atoms with Crippen molar-refractivity contribution in [3.8, 4) is 5.88 Å². The van der Waals surface area contributed by atoms with Crippen molar-refractivity contribution in [1.82, 2.24) is 9.97 Å². The van der Waals surface area contributed by atoms with Crippen LogP contribution in [0.5, 0.6) is 5.88 Å². The molecule has 0 aliphatic carbocycles. The highest BCUT2D eigenvalue weighted by molar-refractivity contribution is 9.10. The Kier molecular flexibility index (Phi) is 2.22. The maximum absolute atomic E-state index is 5.34. The van der Waals surface area contributed by atoms with Gasteiger partial charge in [-0.15, -0.1) is 0 Å². The Hall–Kier alpha value is -1.03. The van der Waals surface area contributed by atoms with Gasteiger partial charge in [0, 0.05) is 11.6 Å². The summed E-state index contributed by atoms with van der Waals surface area (Å²) in [6.45, 7) is 2.56. The van der Waals surface area contributed by atoms with E-state index in [1.165, 1.54) is 0 Å². The summed E-state index contributed by atoms with van der Waals surface area (Å²) < 4.78 is 6.23. The van der Waals surface area contributed by atoms with E-state index in [1.54, 1.807) is 0 Å². The van der Waals surface area contributed by atoms with Crippen LogP contribution in [0.4, 0.5) is 0 Å². The van der Waals surface area contributed by atoms with Gasteiger partial charge in [-0.2, -0.15) is 4.98 Å². The third kappa shape index (κ3) is 1.54. The first-order chi connectivity index (χ1) is 6.31. The fraction of sp³-hybridized carbons (Fsp3) is 0.222. The summed E-state index contributed by atoms with van der Waals surface area (Å²) in [5, 5.41) is 1.08. The first kappa shape index (κ1) is 8.56. The third-order valence-corrected chi connectivity index (χ3v) is 2.31. The van der Waals surface area contributed by atoms with Crippen LogP contribution in [-0.4, -0.2) is 16.6 Å². The van der Waals surface area contributed by atoms with Gasteiger partial charge in [0.25, 0.3) is 0 Å². The lowest BCUT2D eigenvalue weighted by atomic mass is 10.3. The molecule has 4 heteroatoms. The zero-order valence-electron chi connectivity index (χ0n) is 7.17. The van der Waals surface area contributed by atoms with Crippen LogP contribution in [0.2, 0.25) is 0 Å². The number of fused-ring (bicyclic) bond motifs is 1. The minimum absolute atomic E-state index is 0.623. The molecular formula is C9H9BrN2O. The number of hydrogen-bond acceptors (Lipinski definition) is 2. The number of rotatable bonds is 2. The minimum Gasteiger partial charge on any atom is -0.477 e. The standard InChI is InChI=1S/C9H9BrN2O/c1-2-13-9-7(10)5-6-3-4-11-8(6)12-9/h3-5H,2H2,1H3,(H,11,12). The largest absolute Gasteiger partial charge is 0.477 e. The number of H-pyrrole nitrogens is 1. The Morgan fingerprint density at radius 2 is 2.46 bits per heavy atom. The van der Waals surface area contributed by atoms with E-state index in [1.807, 2.05) is 25.3 Å². The lowest BCUT2D eigenvalue weighted by molar-refractivity contribution is 0.326. The van der Waals surface area contributed by atoms with Crippen LogP contribution in [0, 0.1) is 0 Å². The van der Waals surface area contributed by atoms with E-state index in [-0.39, 0.29) is 0 Å². The number of ether oxygens (including phenoxy) is 1. The van der Waals surface area contributed by atoms with Crippen molar-refractivity contribution in [3.05, 3.63) is 22.8 Å². The van der Waals surface area contributed by atoms with Gasteiger partial charge in [-0.1, -0.05) is 0 Å². The molecule has 0 aromatic carbocycles. The predicted molar refractivity (Wildman–Crippen MR) is 55.0 cm³/mol. The lowest BCUT2D eigenvalue weighted by Crippen LogP contribution is -1.95. The van der Waals surface area contributed by atoms with Crippen LogP contribution in [-0.2, 0) is 0 Å². The van der Waals surface area contributed by atoms with Crippen molar-refractivity contribution >= 4 is 27.0 Å². The summed E-state index contributed by atoms with van der Waals surface area (Å²) in [7, 11) is 0. The van der Waals surface area contributed by atoms with Crippen LogP contribution in [0.15, 0.2) is 22.8 Å². The van der Waals surface area contributed by atoms with E-state index in [0.29, 0.717) is 12.5 Å². The van der Waals surface area contributed by atoms with Gasteiger partial charge in [0.15, 0.2) is 0 Å². The molecule has 0 aliphatic heterocycles. The van der Waals surface area contributed by atoms with Crippen molar-refractivity contribution in [3.63, 3.8) is 0 Å². The van der Waals surface area contributed by atoms with Gasteiger partial charge in [0.1, 0.15) is 5.65 Å². The molecule has 0 amide bonds. The van der Waals surface area contributed by atoms with Crippen molar-refractivity contribution in [2.45, 2.75) is 6.92 Å². The molecule has 3 nitrogen and oxygen atoms in total. The van der Waals surface area contributed by atoms with Crippen LogP contribution in [0.3, 0.4) is 0 Å². The number of nitrogens with zero attached hydrogens (tertiary/aromatic N) is 1. The Bertz CT molecular complexity index is 424. The molecule has 68 valence electrons. The first-order valence-corrected chi connectivity index (χ1v) is 4.87. The number of halogens is 1. The van der Waals surface area contributed by atoms with Crippen LogP contribution < -0.4 is 4.74 Å². The quantitative estimate of drug-likeness (QED) is 0.877. The molecule has 13 heavy (non-hydrogen) atoms. The van der Waals surface area contributed by atoms with E-state index in [2.05, 4.69) is 25.9 Å². The number of aromatic amines is 1. The first-order valence-electron chi connectivity index (χ1n) is 4.07. The Morgan fingerprint density at radius 1 is 1.62 bits per heavy atom. The highest BCUT2D eigenvalue weighted by atomic mass is 79.9. The Balaban J connectivity index is 2.56. The molecule has 0 atom stereocenters. The van der Waals surface area contributed by atoms with E-state index >= 15 is 0 Å². The van der Waals surface area contributed by atoms with Crippen LogP contribution >= 0.6 is 15.9 Å². The molecule has 0 spiro atoms. The third-order valence-electron chi connectivity index (χ3n) is 1.74. The Morgan fingerprint density at radius 3 is 3.23 bits per heavy atom. The van der Waals surface area contributed by atoms with E-state index in [9.17, 15) is 0 Å². The second kappa shape index (κ2) is 3.38.